The molecule has 0 amide bonds. The molecule has 0 unspecified atom stereocenters. The third-order valence-corrected chi connectivity index (χ3v) is 7.38. The summed E-state index contributed by atoms with van der Waals surface area (Å²) in [6, 6.07) is 21.9. The Bertz CT molecular complexity index is 1190. The van der Waals surface area contributed by atoms with Gasteiger partial charge in [0.25, 0.3) is 0 Å². The number of benzene rings is 3. The van der Waals surface area contributed by atoms with Gasteiger partial charge in [-0.3, -0.25) is 0 Å². The maximum Gasteiger partial charge on any atom is 0.231 e. The number of hydrogen-bond acceptors (Lipinski definition) is 5. The van der Waals surface area contributed by atoms with E-state index in [1.165, 1.54) is 37.7 Å². The molecule has 0 bridgehead atoms. The van der Waals surface area contributed by atoms with Gasteiger partial charge in [-0.1, -0.05) is 56.5 Å². The molecule has 2 N–H and O–H groups in total. The van der Waals surface area contributed by atoms with E-state index >= 15 is 0 Å². The Hall–Kier alpha value is -3.44. The summed E-state index contributed by atoms with van der Waals surface area (Å²) in [6.45, 7) is 5.04. The molecule has 5 nitrogen and oxygen atoms in total. The van der Waals surface area contributed by atoms with E-state index in [2.05, 4.69) is 36.5 Å². The van der Waals surface area contributed by atoms with E-state index in [-0.39, 0.29) is 12.5 Å². The van der Waals surface area contributed by atoms with Gasteiger partial charge in [-0.25, -0.2) is 0 Å². The summed E-state index contributed by atoms with van der Waals surface area (Å²) in [5.74, 6) is 3.50. The molecule has 0 aromatic heterocycles. The number of phenolic OH excluding ortho intramolecular Hbond substituents is 1. The van der Waals surface area contributed by atoms with Crippen LogP contribution in [-0.4, -0.2) is 31.6 Å². The second-order valence-electron chi connectivity index (χ2n) is 9.90. The van der Waals surface area contributed by atoms with E-state index in [0.717, 1.165) is 64.9 Å². The van der Waals surface area contributed by atoms with E-state index < -0.39 is 0 Å². The lowest BCUT2D eigenvalue weighted by Crippen LogP contribution is -2.28. The average Bonchev–Trinajstić information content (AvgIpc) is 3.41. The van der Waals surface area contributed by atoms with Gasteiger partial charge in [0.05, 0.1) is 0 Å². The van der Waals surface area contributed by atoms with Crippen molar-refractivity contribution in [2.75, 3.05) is 26.5 Å². The lowest BCUT2D eigenvalue weighted by atomic mass is 9.88. The van der Waals surface area contributed by atoms with Crippen molar-refractivity contribution in [3.05, 3.63) is 83.4 Å². The van der Waals surface area contributed by atoms with Crippen LogP contribution >= 0.6 is 0 Å². The van der Waals surface area contributed by atoms with Crippen molar-refractivity contribution in [1.82, 2.24) is 5.32 Å². The van der Waals surface area contributed by atoms with E-state index in [9.17, 15) is 5.11 Å². The molecule has 1 saturated carbocycles. The Morgan fingerprint density at radius 2 is 1.54 bits per heavy atom. The van der Waals surface area contributed by atoms with Crippen LogP contribution in [-0.2, 0) is 0 Å². The molecule has 3 aromatic carbocycles. The molecule has 0 saturated heterocycles. The third-order valence-electron chi connectivity index (χ3n) is 7.38. The number of rotatable bonds is 10. The highest BCUT2D eigenvalue weighted by Crippen LogP contribution is 2.40. The lowest BCUT2D eigenvalue weighted by Gasteiger charge is -2.21. The summed E-state index contributed by atoms with van der Waals surface area (Å²) >= 11 is 0. The van der Waals surface area contributed by atoms with Crippen LogP contribution in [0.15, 0.2) is 66.7 Å². The number of fused-ring (bicyclic) bond motifs is 1. The number of hydrogen-bond donors (Lipinski definition) is 2. The zero-order chi connectivity index (χ0) is 25.5. The minimum Gasteiger partial charge on any atom is -0.508 e. The molecule has 1 aliphatic carbocycles. The summed E-state index contributed by atoms with van der Waals surface area (Å²) in [6.07, 6.45) is 7.71. The molecule has 194 valence electrons. The van der Waals surface area contributed by atoms with E-state index in [1.807, 2.05) is 30.3 Å². The van der Waals surface area contributed by atoms with Gasteiger partial charge in [-0.15, -0.1) is 0 Å². The summed E-state index contributed by atoms with van der Waals surface area (Å²) in [5, 5.41) is 13.5. The van der Waals surface area contributed by atoms with Crippen LogP contribution in [0.3, 0.4) is 0 Å². The second-order valence-corrected chi connectivity index (χ2v) is 9.90. The van der Waals surface area contributed by atoms with Crippen LogP contribution in [0.1, 0.15) is 62.1 Å². The smallest absolute Gasteiger partial charge is 0.231 e. The molecule has 0 radical (unpaired) electrons. The predicted octanol–water partition coefficient (Wildman–Crippen LogP) is 7.04. The van der Waals surface area contributed by atoms with Gasteiger partial charge in [0.1, 0.15) is 18.1 Å². The first-order valence-corrected chi connectivity index (χ1v) is 13.6. The molecule has 37 heavy (non-hydrogen) atoms. The predicted molar refractivity (Wildman–Crippen MR) is 148 cm³/mol. The second kappa shape index (κ2) is 12.2. The number of ether oxygens (including phenoxy) is 3. The topological polar surface area (TPSA) is 60.0 Å². The molecule has 1 heterocycles. The number of allylic oxidation sites excluding steroid dienone is 1. The standard InChI is InChI=1S/C32H37NO4/c1-2-29(26-12-17-30-31(20-26)37-22-36-30)32(24-8-13-27(34)14-9-24)25-10-15-28(16-11-25)35-19-18-33-21-23-6-4-3-5-7-23/h8-17,20,23,33-34H,2-7,18-19,21-22H2,1H3. The first-order chi connectivity index (χ1) is 18.2. The molecule has 3 aromatic rings. The Morgan fingerprint density at radius 3 is 2.27 bits per heavy atom. The fraction of sp³-hybridized carbons (Fsp3) is 0.375. The van der Waals surface area contributed by atoms with Gasteiger partial charge in [-0.05, 0) is 96.0 Å². The normalized spacial score (nSPS) is 15.9. The Morgan fingerprint density at radius 1 is 0.865 bits per heavy atom. The molecule has 5 heteroatoms. The number of nitrogens with one attached hydrogen (secondary N) is 1. The van der Waals surface area contributed by atoms with Crippen LogP contribution in [0.2, 0.25) is 0 Å². The maximum atomic E-state index is 9.89. The Balaban J connectivity index is 1.33. The largest absolute Gasteiger partial charge is 0.508 e. The zero-order valence-electron chi connectivity index (χ0n) is 21.7. The van der Waals surface area contributed by atoms with Gasteiger partial charge in [-0.2, -0.15) is 0 Å². The van der Waals surface area contributed by atoms with Crippen molar-refractivity contribution >= 4 is 11.1 Å². The highest BCUT2D eigenvalue weighted by molar-refractivity contribution is 5.99. The number of phenols is 1. The summed E-state index contributed by atoms with van der Waals surface area (Å²) < 4.78 is 17.2. The molecule has 1 fully saturated rings. The fourth-order valence-corrected chi connectivity index (χ4v) is 5.41. The average molecular weight is 500 g/mol. The monoisotopic (exact) mass is 499 g/mol. The lowest BCUT2D eigenvalue weighted by molar-refractivity contribution is 0.174. The molecular weight excluding hydrogens is 462 g/mol. The van der Waals surface area contributed by atoms with E-state index in [4.69, 9.17) is 14.2 Å². The van der Waals surface area contributed by atoms with Crippen molar-refractivity contribution in [2.45, 2.75) is 45.4 Å². The summed E-state index contributed by atoms with van der Waals surface area (Å²) in [4.78, 5) is 0. The van der Waals surface area contributed by atoms with E-state index in [0.29, 0.717) is 6.61 Å². The molecule has 2 aliphatic rings. The maximum absolute atomic E-state index is 9.89. The highest BCUT2D eigenvalue weighted by Gasteiger charge is 2.18. The fourth-order valence-electron chi connectivity index (χ4n) is 5.41. The van der Waals surface area contributed by atoms with Gasteiger partial charge in [0, 0.05) is 6.54 Å². The van der Waals surface area contributed by atoms with Crippen molar-refractivity contribution in [1.29, 1.82) is 0 Å². The summed E-state index contributed by atoms with van der Waals surface area (Å²) in [7, 11) is 0. The molecule has 0 spiro atoms. The molecule has 1 aliphatic heterocycles. The Labute approximate surface area is 220 Å². The van der Waals surface area contributed by atoms with Crippen molar-refractivity contribution < 1.29 is 19.3 Å². The van der Waals surface area contributed by atoms with Crippen molar-refractivity contribution in [3.63, 3.8) is 0 Å². The number of aromatic hydroxyl groups is 1. The van der Waals surface area contributed by atoms with Crippen LogP contribution in [0.4, 0.5) is 0 Å². The minimum absolute atomic E-state index is 0.255. The SMILES string of the molecule is CCC(=C(c1ccc(O)cc1)c1ccc(OCCNCC2CCCCC2)cc1)c1ccc2c(c1)OCO2. The van der Waals surface area contributed by atoms with Gasteiger partial charge in [0.15, 0.2) is 11.5 Å². The summed E-state index contributed by atoms with van der Waals surface area (Å²) in [5.41, 5.74) is 5.57. The van der Waals surface area contributed by atoms with Crippen LogP contribution in [0.25, 0.3) is 11.1 Å². The van der Waals surface area contributed by atoms with Gasteiger partial charge >= 0.3 is 0 Å². The first kappa shape index (κ1) is 25.2. The van der Waals surface area contributed by atoms with E-state index in [1.54, 1.807) is 12.1 Å². The minimum atomic E-state index is 0.255. The quantitative estimate of drug-likeness (QED) is 0.231. The highest BCUT2D eigenvalue weighted by atomic mass is 16.7. The first-order valence-electron chi connectivity index (χ1n) is 13.6. The van der Waals surface area contributed by atoms with Crippen molar-refractivity contribution in [2.24, 2.45) is 5.92 Å². The van der Waals surface area contributed by atoms with Crippen LogP contribution in [0.5, 0.6) is 23.0 Å². The molecule has 0 atom stereocenters. The van der Waals surface area contributed by atoms with Crippen molar-refractivity contribution in [3.8, 4) is 23.0 Å². The third kappa shape index (κ3) is 6.28. The van der Waals surface area contributed by atoms with Crippen LogP contribution < -0.4 is 19.5 Å². The van der Waals surface area contributed by atoms with Crippen LogP contribution in [0, 0.1) is 5.92 Å². The Kier molecular flexibility index (Phi) is 8.32. The molecule has 5 rings (SSSR count). The zero-order valence-corrected chi connectivity index (χ0v) is 21.7. The molecular formula is C32H37NO4. The van der Waals surface area contributed by atoms with Gasteiger partial charge in [0.2, 0.25) is 6.79 Å². The van der Waals surface area contributed by atoms with Gasteiger partial charge < -0.3 is 24.6 Å².